The highest BCUT2D eigenvalue weighted by Gasteiger charge is 2.18. The normalized spacial score (nSPS) is 14.5. The molecule has 0 amide bonds. The molecule has 0 spiro atoms. The number of fused-ring (bicyclic) bond motifs is 1. The number of guanidine groups is 1. The van der Waals surface area contributed by atoms with Crippen molar-refractivity contribution in [3.63, 3.8) is 0 Å². The Kier molecular flexibility index (Phi) is 7.56. The van der Waals surface area contributed by atoms with Crippen molar-refractivity contribution in [1.82, 2.24) is 14.9 Å². The van der Waals surface area contributed by atoms with E-state index in [9.17, 15) is 0 Å². The minimum atomic E-state index is -0.0948. The first-order chi connectivity index (χ1) is 16.0. The van der Waals surface area contributed by atoms with E-state index in [4.69, 9.17) is 32.9 Å². The number of piperazine rings is 1. The van der Waals surface area contributed by atoms with Gasteiger partial charge < -0.3 is 26.2 Å². The number of aliphatic hydroxyl groups is 1. The fourth-order valence-corrected chi connectivity index (χ4v) is 4.09. The molecule has 10 heteroatoms. The second-order valence-corrected chi connectivity index (χ2v) is 8.22. The van der Waals surface area contributed by atoms with Gasteiger partial charge in [-0.05, 0) is 30.3 Å². The molecule has 0 atom stereocenters. The van der Waals surface area contributed by atoms with Gasteiger partial charge in [-0.2, -0.15) is 4.99 Å². The van der Waals surface area contributed by atoms with Gasteiger partial charge in [0, 0.05) is 54.4 Å². The fourth-order valence-electron chi connectivity index (χ4n) is 3.91. The zero-order chi connectivity index (χ0) is 23.2. The summed E-state index contributed by atoms with van der Waals surface area (Å²) in [7, 11) is 0. The van der Waals surface area contributed by atoms with E-state index >= 15 is 0 Å². The summed E-state index contributed by atoms with van der Waals surface area (Å²) >= 11 is 6.27. The summed E-state index contributed by atoms with van der Waals surface area (Å²) in [5.74, 6) is 0.116. The number of aliphatic imine (C=N–C) groups is 1. The number of nitrogens with two attached hydrogens (primary N) is 2. The lowest BCUT2D eigenvalue weighted by Crippen LogP contribution is -2.47. The molecule has 33 heavy (non-hydrogen) atoms. The highest BCUT2D eigenvalue weighted by atomic mass is 35.5. The molecule has 2 heterocycles. The van der Waals surface area contributed by atoms with E-state index in [1.807, 2.05) is 24.3 Å². The Morgan fingerprint density at radius 3 is 2.64 bits per heavy atom. The minimum Gasteiger partial charge on any atom is -0.394 e. The van der Waals surface area contributed by atoms with Gasteiger partial charge >= 0.3 is 0 Å². The fraction of sp³-hybridized carbons (Fsp3) is 0.348. The van der Waals surface area contributed by atoms with Crippen LogP contribution in [0.2, 0.25) is 5.02 Å². The molecule has 5 N–H and O–H groups in total. The van der Waals surface area contributed by atoms with Gasteiger partial charge in [-0.25, -0.2) is 9.97 Å². The van der Waals surface area contributed by atoms with Crippen LogP contribution in [0.25, 0.3) is 22.2 Å². The summed E-state index contributed by atoms with van der Waals surface area (Å²) in [6.45, 7) is 5.69. The molecule has 174 valence electrons. The highest BCUT2D eigenvalue weighted by Crippen LogP contribution is 2.32. The second-order valence-electron chi connectivity index (χ2n) is 7.79. The molecule has 3 aromatic rings. The topological polar surface area (TPSA) is 126 Å². The largest absolute Gasteiger partial charge is 0.394 e. The maximum atomic E-state index is 8.82. The van der Waals surface area contributed by atoms with Crippen LogP contribution in [-0.4, -0.2) is 78.5 Å². The molecular formula is C23H28ClN7O2. The van der Waals surface area contributed by atoms with E-state index in [1.165, 1.54) is 0 Å². The lowest BCUT2D eigenvalue weighted by molar-refractivity contribution is 0.0724. The maximum Gasteiger partial charge on any atom is 0.253 e. The van der Waals surface area contributed by atoms with Crippen LogP contribution >= 0.6 is 11.6 Å². The first-order valence-corrected chi connectivity index (χ1v) is 11.2. The van der Waals surface area contributed by atoms with Crippen molar-refractivity contribution in [3.8, 4) is 11.3 Å². The molecule has 0 aliphatic carbocycles. The van der Waals surface area contributed by atoms with E-state index in [1.54, 1.807) is 6.07 Å². The van der Waals surface area contributed by atoms with Crippen molar-refractivity contribution in [2.24, 2.45) is 16.5 Å². The first kappa shape index (κ1) is 23.2. The van der Waals surface area contributed by atoms with Crippen LogP contribution in [0.1, 0.15) is 0 Å². The Labute approximate surface area is 197 Å². The van der Waals surface area contributed by atoms with E-state index in [-0.39, 0.29) is 18.5 Å². The summed E-state index contributed by atoms with van der Waals surface area (Å²) in [4.78, 5) is 17.9. The van der Waals surface area contributed by atoms with Crippen LogP contribution in [-0.2, 0) is 4.74 Å². The Hall–Kier alpha value is -2.98. The van der Waals surface area contributed by atoms with Crippen LogP contribution in [0.3, 0.4) is 0 Å². The number of halogens is 1. The third-order valence-corrected chi connectivity index (χ3v) is 5.75. The molecule has 1 aliphatic rings. The van der Waals surface area contributed by atoms with Crippen molar-refractivity contribution >= 4 is 40.1 Å². The zero-order valence-corrected chi connectivity index (χ0v) is 19.1. The number of benzene rings is 2. The van der Waals surface area contributed by atoms with Gasteiger partial charge in [-0.1, -0.05) is 23.7 Å². The third-order valence-electron chi connectivity index (χ3n) is 5.52. The van der Waals surface area contributed by atoms with E-state index in [0.717, 1.165) is 55.1 Å². The average Bonchev–Trinajstić information content (AvgIpc) is 2.82. The highest BCUT2D eigenvalue weighted by molar-refractivity contribution is 6.31. The molecule has 1 aliphatic heterocycles. The van der Waals surface area contributed by atoms with Crippen molar-refractivity contribution < 1.29 is 9.84 Å². The van der Waals surface area contributed by atoms with E-state index in [2.05, 4.69) is 36.9 Å². The van der Waals surface area contributed by atoms with Crippen LogP contribution in [0.5, 0.6) is 0 Å². The number of anilines is 1. The van der Waals surface area contributed by atoms with E-state index < -0.39 is 0 Å². The quantitative estimate of drug-likeness (QED) is 0.260. The van der Waals surface area contributed by atoms with Gasteiger partial charge in [-0.15, -0.1) is 0 Å². The Balaban J connectivity index is 1.57. The van der Waals surface area contributed by atoms with Crippen molar-refractivity contribution in [3.05, 3.63) is 47.5 Å². The number of aromatic nitrogens is 2. The van der Waals surface area contributed by atoms with Gasteiger partial charge in [-0.3, -0.25) is 4.90 Å². The Bertz CT molecular complexity index is 1130. The van der Waals surface area contributed by atoms with Gasteiger partial charge in [0.05, 0.1) is 31.0 Å². The predicted molar refractivity (Wildman–Crippen MR) is 132 cm³/mol. The molecule has 9 nitrogen and oxygen atoms in total. The summed E-state index contributed by atoms with van der Waals surface area (Å²) in [6.07, 6.45) is 0. The first-order valence-electron chi connectivity index (χ1n) is 10.9. The lowest BCUT2D eigenvalue weighted by atomic mass is 10.1. The van der Waals surface area contributed by atoms with Crippen LogP contribution < -0.4 is 16.4 Å². The molecule has 0 radical (unpaired) electrons. The maximum absolute atomic E-state index is 8.82. The molecule has 0 unspecified atom stereocenters. The number of hydrogen-bond acceptors (Lipinski definition) is 7. The van der Waals surface area contributed by atoms with Crippen LogP contribution in [0.15, 0.2) is 47.5 Å². The van der Waals surface area contributed by atoms with Crippen molar-refractivity contribution in [1.29, 1.82) is 0 Å². The summed E-state index contributed by atoms with van der Waals surface area (Å²) in [5.41, 5.74) is 14.6. The number of hydrogen-bond donors (Lipinski definition) is 3. The van der Waals surface area contributed by atoms with Crippen molar-refractivity contribution in [2.45, 2.75) is 0 Å². The monoisotopic (exact) mass is 469 g/mol. The SMILES string of the molecule is NC(N)=Nc1nc(-c2cccc(N3CCN(CCOCCO)CC3)c2)c2cc(Cl)ccc2n1. The second kappa shape index (κ2) is 10.8. The summed E-state index contributed by atoms with van der Waals surface area (Å²) in [6, 6.07) is 13.7. The summed E-state index contributed by atoms with van der Waals surface area (Å²) < 4.78 is 5.39. The number of ether oxygens (including phenoxy) is 1. The smallest absolute Gasteiger partial charge is 0.253 e. The van der Waals surface area contributed by atoms with Crippen LogP contribution in [0, 0.1) is 0 Å². The standard InChI is InChI=1S/C23H28ClN7O2/c24-17-4-5-20-19(15-17)21(28-23(27-20)29-22(25)26)16-2-1-3-18(14-16)31-8-6-30(7-9-31)10-12-33-13-11-32/h1-5,14-15,32H,6-13H2,(H4,25,26,27,28,29). The molecule has 2 aromatic carbocycles. The Morgan fingerprint density at radius 1 is 1.06 bits per heavy atom. The minimum absolute atomic E-state index is 0.0609. The van der Waals surface area contributed by atoms with Gasteiger partial charge in [0.15, 0.2) is 5.96 Å². The number of rotatable bonds is 8. The number of aliphatic hydroxyl groups excluding tert-OH is 1. The zero-order valence-electron chi connectivity index (χ0n) is 18.3. The molecule has 1 fully saturated rings. The van der Waals surface area contributed by atoms with Gasteiger partial charge in [0.2, 0.25) is 0 Å². The predicted octanol–water partition coefficient (Wildman–Crippen LogP) is 1.99. The molecular weight excluding hydrogens is 442 g/mol. The van der Waals surface area contributed by atoms with Crippen LogP contribution in [0.4, 0.5) is 11.6 Å². The molecule has 0 bridgehead atoms. The van der Waals surface area contributed by atoms with Gasteiger partial charge in [0.25, 0.3) is 5.95 Å². The number of nitrogens with zero attached hydrogens (tertiary/aromatic N) is 5. The Morgan fingerprint density at radius 2 is 1.88 bits per heavy atom. The molecule has 1 saturated heterocycles. The third kappa shape index (κ3) is 5.88. The average molecular weight is 470 g/mol. The van der Waals surface area contributed by atoms with E-state index in [0.29, 0.717) is 23.8 Å². The van der Waals surface area contributed by atoms with Gasteiger partial charge in [0.1, 0.15) is 0 Å². The molecule has 4 rings (SSSR count). The molecule has 1 aromatic heterocycles. The lowest BCUT2D eigenvalue weighted by Gasteiger charge is -2.36. The van der Waals surface area contributed by atoms with Crippen molar-refractivity contribution in [2.75, 3.05) is 57.4 Å². The summed E-state index contributed by atoms with van der Waals surface area (Å²) in [5, 5.41) is 10.3. The molecule has 0 saturated carbocycles.